The number of ether oxygens (including phenoxy) is 1. The van der Waals surface area contributed by atoms with Gasteiger partial charge in [0.15, 0.2) is 6.04 Å². The van der Waals surface area contributed by atoms with Crippen molar-refractivity contribution >= 4 is 32.7 Å². The summed E-state index contributed by atoms with van der Waals surface area (Å²) < 4.78 is 32.7. The molecule has 1 fully saturated rings. The fourth-order valence-electron chi connectivity index (χ4n) is 4.47. The number of carbonyl (C=O) groups excluding carboxylic acids is 2. The van der Waals surface area contributed by atoms with Crippen LogP contribution in [-0.2, 0) is 24.3 Å². The molecule has 0 unspecified atom stereocenters. The number of benzene rings is 3. The van der Waals surface area contributed by atoms with Gasteiger partial charge in [0.25, 0.3) is 0 Å². The maximum absolute atomic E-state index is 13.2. The number of amides is 1. The molecule has 0 aromatic heterocycles. The lowest BCUT2D eigenvalue weighted by Crippen LogP contribution is -2.45. The molecule has 8 heteroatoms. The standard InChI is InChI=1S/C27H30N2O5S/c1-3-34-27(31)25(24-10-6-8-20-7-4-5-9-23(20)24)28-26(30)21-15-17-29(18-16-21)35(32,33)22-13-11-19(2)12-14-22/h4-14,21,25H,3,15-18H2,1-2H3,(H,28,30)/t25-/m0/s1. The lowest BCUT2D eigenvalue weighted by molar-refractivity contribution is -0.148. The number of nitrogens with zero attached hydrogens (tertiary/aromatic N) is 1. The van der Waals surface area contributed by atoms with E-state index in [0.29, 0.717) is 18.4 Å². The van der Waals surface area contributed by atoms with Crippen LogP contribution < -0.4 is 5.32 Å². The van der Waals surface area contributed by atoms with Crippen molar-refractivity contribution in [3.05, 3.63) is 77.9 Å². The summed E-state index contributed by atoms with van der Waals surface area (Å²) in [6.45, 7) is 4.32. The van der Waals surface area contributed by atoms with Crippen molar-refractivity contribution in [1.82, 2.24) is 9.62 Å². The van der Waals surface area contributed by atoms with Gasteiger partial charge in [0.2, 0.25) is 15.9 Å². The summed E-state index contributed by atoms with van der Waals surface area (Å²) in [5.41, 5.74) is 1.66. The highest BCUT2D eigenvalue weighted by Gasteiger charge is 2.34. The average Bonchev–Trinajstić information content (AvgIpc) is 2.87. The van der Waals surface area contributed by atoms with E-state index in [1.165, 1.54) is 4.31 Å². The molecule has 1 heterocycles. The van der Waals surface area contributed by atoms with Crippen LogP contribution in [0.2, 0.25) is 0 Å². The van der Waals surface area contributed by atoms with Crippen LogP contribution >= 0.6 is 0 Å². The Labute approximate surface area is 206 Å². The Balaban J connectivity index is 1.48. The largest absolute Gasteiger partial charge is 0.464 e. The van der Waals surface area contributed by atoms with E-state index in [-0.39, 0.29) is 30.5 Å². The van der Waals surface area contributed by atoms with Gasteiger partial charge in [-0.05, 0) is 55.2 Å². The maximum Gasteiger partial charge on any atom is 0.333 e. The van der Waals surface area contributed by atoms with E-state index in [1.54, 1.807) is 31.2 Å². The van der Waals surface area contributed by atoms with Gasteiger partial charge in [0, 0.05) is 19.0 Å². The van der Waals surface area contributed by atoms with E-state index in [1.807, 2.05) is 49.4 Å². The highest BCUT2D eigenvalue weighted by Crippen LogP contribution is 2.28. The predicted octanol–water partition coefficient (Wildman–Crippen LogP) is 3.97. The number of aryl methyl sites for hydroxylation is 1. The zero-order valence-electron chi connectivity index (χ0n) is 19.9. The number of sulfonamides is 1. The molecule has 1 aliphatic heterocycles. The predicted molar refractivity (Wildman–Crippen MR) is 134 cm³/mol. The Bertz CT molecular complexity index is 1310. The molecule has 0 spiro atoms. The van der Waals surface area contributed by atoms with Crippen molar-refractivity contribution in [1.29, 1.82) is 0 Å². The number of rotatable bonds is 7. The normalized spacial score (nSPS) is 16.1. The van der Waals surface area contributed by atoms with Crippen LogP contribution in [0.15, 0.2) is 71.6 Å². The minimum atomic E-state index is -3.61. The molecular weight excluding hydrogens is 464 g/mol. The van der Waals surface area contributed by atoms with E-state index >= 15 is 0 Å². The molecule has 3 aromatic rings. The second-order valence-electron chi connectivity index (χ2n) is 8.75. The first-order valence-corrected chi connectivity index (χ1v) is 13.3. The number of esters is 1. The average molecular weight is 495 g/mol. The van der Waals surface area contributed by atoms with Crippen molar-refractivity contribution in [2.45, 2.75) is 37.6 Å². The number of nitrogens with one attached hydrogen (secondary N) is 1. The minimum Gasteiger partial charge on any atom is -0.464 e. The number of hydrogen-bond acceptors (Lipinski definition) is 5. The second kappa shape index (κ2) is 10.6. The first-order valence-electron chi connectivity index (χ1n) is 11.8. The van der Waals surface area contributed by atoms with Crippen molar-refractivity contribution in [2.75, 3.05) is 19.7 Å². The quantitative estimate of drug-likeness (QED) is 0.502. The molecule has 0 radical (unpaired) electrons. The third kappa shape index (κ3) is 5.39. The van der Waals surface area contributed by atoms with E-state index < -0.39 is 28.0 Å². The van der Waals surface area contributed by atoms with E-state index in [9.17, 15) is 18.0 Å². The highest BCUT2D eigenvalue weighted by atomic mass is 32.2. The van der Waals surface area contributed by atoms with E-state index in [0.717, 1.165) is 16.3 Å². The molecule has 184 valence electrons. The smallest absolute Gasteiger partial charge is 0.333 e. The number of piperidine rings is 1. The molecule has 35 heavy (non-hydrogen) atoms. The van der Waals surface area contributed by atoms with Crippen molar-refractivity contribution < 1.29 is 22.7 Å². The first kappa shape index (κ1) is 24.9. The molecule has 0 saturated carbocycles. The molecule has 4 rings (SSSR count). The fourth-order valence-corrected chi connectivity index (χ4v) is 5.94. The highest BCUT2D eigenvalue weighted by molar-refractivity contribution is 7.89. The molecule has 0 aliphatic carbocycles. The first-order chi connectivity index (χ1) is 16.8. The Kier molecular flexibility index (Phi) is 7.52. The van der Waals surface area contributed by atoms with Crippen LogP contribution in [0.4, 0.5) is 0 Å². The number of fused-ring (bicyclic) bond motifs is 1. The van der Waals surface area contributed by atoms with Gasteiger partial charge in [-0.25, -0.2) is 13.2 Å². The molecule has 7 nitrogen and oxygen atoms in total. The van der Waals surface area contributed by atoms with Gasteiger partial charge >= 0.3 is 5.97 Å². The van der Waals surface area contributed by atoms with Gasteiger partial charge in [-0.15, -0.1) is 0 Å². The Hall–Kier alpha value is -3.23. The molecule has 1 N–H and O–H groups in total. The monoisotopic (exact) mass is 494 g/mol. The summed E-state index contributed by atoms with van der Waals surface area (Å²) in [5, 5.41) is 4.72. The topological polar surface area (TPSA) is 92.8 Å². The lowest BCUT2D eigenvalue weighted by Gasteiger charge is -2.31. The Morgan fingerprint density at radius 3 is 2.34 bits per heavy atom. The molecular formula is C27H30N2O5S. The number of hydrogen-bond donors (Lipinski definition) is 1. The summed E-state index contributed by atoms with van der Waals surface area (Å²) in [6, 6.07) is 19.1. The Morgan fingerprint density at radius 1 is 1.00 bits per heavy atom. The van der Waals surface area contributed by atoms with Crippen LogP contribution in [0.3, 0.4) is 0 Å². The Morgan fingerprint density at radius 2 is 1.66 bits per heavy atom. The van der Waals surface area contributed by atoms with Gasteiger partial charge in [-0.3, -0.25) is 4.79 Å². The van der Waals surface area contributed by atoms with Gasteiger partial charge in [0.05, 0.1) is 11.5 Å². The van der Waals surface area contributed by atoms with Crippen LogP contribution in [0.5, 0.6) is 0 Å². The minimum absolute atomic E-state index is 0.200. The summed E-state index contributed by atoms with van der Waals surface area (Å²) in [7, 11) is -3.61. The molecule has 0 bridgehead atoms. The zero-order chi connectivity index (χ0) is 25.0. The summed E-state index contributed by atoms with van der Waals surface area (Å²) in [5.74, 6) is -1.19. The van der Waals surface area contributed by atoms with Gasteiger partial charge < -0.3 is 10.1 Å². The maximum atomic E-state index is 13.2. The van der Waals surface area contributed by atoms with Crippen LogP contribution in [-0.4, -0.2) is 44.3 Å². The van der Waals surface area contributed by atoms with Gasteiger partial charge in [-0.1, -0.05) is 60.2 Å². The van der Waals surface area contributed by atoms with Crippen molar-refractivity contribution in [2.24, 2.45) is 5.92 Å². The van der Waals surface area contributed by atoms with E-state index in [2.05, 4.69) is 5.32 Å². The number of carbonyl (C=O) groups is 2. The van der Waals surface area contributed by atoms with Crippen molar-refractivity contribution in [3.63, 3.8) is 0 Å². The van der Waals surface area contributed by atoms with Crippen LogP contribution in [0, 0.1) is 12.8 Å². The zero-order valence-corrected chi connectivity index (χ0v) is 20.8. The summed E-state index contributed by atoms with van der Waals surface area (Å²) in [4.78, 5) is 26.3. The second-order valence-corrected chi connectivity index (χ2v) is 10.7. The fraction of sp³-hybridized carbons (Fsp3) is 0.333. The van der Waals surface area contributed by atoms with Gasteiger partial charge in [-0.2, -0.15) is 4.31 Å². The molecule has 3 aromatic carbocycles. The molecule has 1 aliphatic rings. The summed E-state index contributed by atoms with van der Waals surface area (Å²) >= 11 is 0. The SMILES string of the molecule is CCOC(=O)[C@@H](NC(=O)C1CCN(S(=O)(=O)c2ccc(C)cc2)CC1)c1cccc2ccccc12. The third-order valence-corrected chi connectivity index (χ3v) is 8.34. The molecule has 1 atom stereocenters. The summed E-state index contributed by atoms with van der Waals surface area (Å²) in [6.07, 6.45) is 0.754. The molecule has 1 saturated heterocycles. The van der Waals surface area contributed by atoms with Crippen molar-refractivity contribution in [3.8, 4) is 0 Å². The third-order valence-electron chi connectivity index (χ3n) is 6.43. The van der Waals surface area contributed by atoms with Crippen LogP contribution in [0.1, 0.15) is 36.9 Å². The van der Waals surface area contributed by atoms with Crippen LogP contribution in [0.25, 0.3) is 10.8 Å². The van der Waals surface area contributed by atoms with Gasteiger partial charge in [0.1, 0.15) is 0 Å². The van der Waals surface area contributed by atoms with E-state index in [4.69, 9.17) is 4.74 Å². The lowest BCUT2D eigenvalue weighted by atomic mass is 9.95. The molecule has 1 amide bonds.